The molecule has 182 valence electrons. The van der Waals surface area contributed by atoms with Gasteiger partial charge in [0.25, 0.3) is 11.4 Å². The molecule has 11 heteroatoms. The molecule has 1 N–H and O–H groups in total. The number of carbonyl (C=O) groups excluding carboxylic acids is 1. The smallest absolute Gasteiger partial charge is 0.410 e. The predicted octanol–water partition coefficient (Wildman–Crippen LogP) is 4.51. The Kier molecular flexibility index (Phi) is 5.84. The summed E-state index contributed by atoms with van der Waals surface area (Å²) in [5.41, 5.74) is 1.71. The van der Waals surface area contributed by atoms with E-state index in [0.717, 1.165) is 5.69 Å². The molecule has 1 aliphatic rings. The molecule has 35 heavy (non-hydrogen) atoms. The maximum absolute atomic E-state index is 12.6. The molecular formula is C24H25ClN6O4. The van der Waals surface area contributed by atoms with Crippen molar-refractivity contribution in [1.82, 2.24) is 29.6 Å². The molecule has 4 heterocycles. The second kappa shape index (κ2) is 8.84. The summed E-state index contributed by atoms with van der Waals surface area (Å²) in [7, 11) is 0. The minimum Gasteiger partial charge on any atom is -0.444 e. The molecule has 1 fully saturated rings. The number of halogens is 1. The van der Waals surface area contributed by atoms with E-state index in [1.54, 1.807) is 39.9 Å². The third kappa shape index (κ3) is 4.79. The van der Waals surface area contributed by atoms with Crippen LogP contribution in [0.4, 0.5) is 4.79 Å². The van der Waals surface area contributed by atoms with Crippen molar-refractivity contribution in [3.63, 3.8) is 0 Å². The second-order valence-electron chi connectivity index (χ2n) is 9.55. The molecule has 1 aliphatic heterocycles. The van der Waals surface area contributed by atoms with Crippen molar-refractivity contribution in [3.8, 4) is 22.8 Å². The van der Waals surface area contributed by atoms with Crippen LogP contribution < -0.4 is 5.56 Å². The van der Waals surface area contributed by atoms with Crippen LogP contribution in [0, 0.1) is 0 Å². The zero-order valence-electron chi connectivity index (χ0n) is 19.6. The average molecular weight is 497 g/mol. The Morgan fingerprint density at radius 1 is 1.23 bits per heavy atom. The van der Waals surface area contributed by atoms with E-state index in [1.165, 1.54) is 0 Å². The average Bonchev–Trinajstić information content (AvgIpc) is 3.45. The van der Waals surface area contributed by atoms with E-state index in [1.807, 2.05) is 26.8 Å². The van der Waals surface area contributed by atoms with Crippen LogP contribution in [-0.4, -0.2) is 54.4 Å². The minimum atomic E-state index is -0.542. The summed E-state index contributed by atoms with van der Waals surface area (Å²) in [4.78, 5) is 34.0. The molecule has 0 aliphatic carbocycles. The second-order valence-corrected chi connectivity index (χ2v) is 9.99. The zero-order valence-corrected chi connectivity index (χ0v) is 20.4. The van der Waals surface area contributed by atoms with E-state index < -0.39 is 5.60 Å². The number of benzene rings is 1. The number of nitrogens with zero attached hydrogens (tertiary/aromatic N) is 5. The van der Waals surface area contributed by atoms with Gasteiger partial charge in [-0.05, 0) is 51.8 Å². The van der Waals surface area contributed by atoms with Gasteiger partial charge >= 0.3 is 6.09 Å². The van der Waals surface area contributed by atoms with Gasteiger partial charge in [0.1, 0.15) is 11.2 Å². The van der Waals surface area contributed by atoms with E-state index in [-0.39, 0.29) is 17.6 Å². The van der Waals surface area contributed by atoms with Crippen LogP contribution >= 0.6 is 11.6 Å². The minimum absolute atomic E-state index is 0.0542. The van der Waals surface area contributed by atoms with E-state index in [2.05, 4.69) is 20.2 Å². The highest BCUT2D eigenvalue weighted by molar-refractivity contribution is 6.30. The molecule has 0 saturated carbocycles. The van der Waals surface area contributed by atoms with E-state index in [9.17, 15) is 9.59 Å². The number of likely N-dealkylation sites (tertiary alicyclic amines) is 1. The Labute approximate surface area is 205 Å². The molecule has 1 amide bonds. The van der Waals surface area contributed by atoms with Gasteiger partial charge in [-0.3, -0.25) is 4.79 Å². The van der Waals surface area contributed by atoms with Gasteiger partial charge in [0, 0.05) is 35.7 Å². The molecule has 0 unspecified atom stereocenters. The van der Waals surface area contributed by atoms with Crippen molar-refractivity contribution in [2.75, 3.05) is 13.1 Å². The van der Waals surface area contributed by atoms with Gasteiger partial charge in [-0.15, -0.1) is 0 Å². The highest BCUT2D eigenvalue weighted by Crippen LogP contribution is 2.31. The number of amides is 1. The van der Waals surface area contributed by atoms with E-state index in [0.29, 0.717) is 59.4 Å². The lowest BCUT2D eigenvalue weighted by molar-refractivity contribution is 0.0203. The zero-order chi connectivity index (χ0) is 24.7. The Balaban J connectivity index is 1.41. The van der Waals surface area contributed by atoms with Crippen molar-refractivity contribution in [3.05, 3.63) is 57.6 Å². The van der Waals surface area contributed by atoms with Crippen molar-refractivity contribution in [2.45, 2.75) is 45.1 Å². The molecule has 1 aromatic carbocycles. The lowest BCUT2D eigenvalue weighted by Gasteiger charge is -2.33. The standard InChI is InChI=1S/C24H25ClN6O4/c1-24(2,3)34-23(33)30-9-7-14(8-10-30)18-12-19(32)27-21-17(13-26-31(18)21)20-28-22(35-29-20)15-5-4-6-16(25)11-15/h4-6,11-14H,7-10H2,1-3H3,(H,27,32). The molecule has 1 saturated heterocycles. The van der Waals surface area contributed by atoms with Crippen molar-refractivity contribution < 1.29 is 14.1 Å². The number of aromatic nitrogens is 5. The van der Waals surface area contributed by atoms with Crippen LogP contribution in [0.25, 0.3) is 28.5 Å². The van der Waals surface area contributed by atoms with Gasteiger partial charge in [0.05, 0.1) is 17.5 Å². The number of piperidine rings is 1. The summed E-state index contributed by atoms with van der Waals surface area (Å²) < 4.78 is 12.6. The fourth-order valence-electron chi connectivity index (χ4n) is 4.22. The Bertz CT molecular complexity index is 1440. The maximum Gasteiger partial charge on any atom is 0.410 e. The van der Waals surface area contributed by atoms with Crippen LogP contribution in [0.1, 0.15) is 45.2 Å². The van der Waals surface area contributed by atoms with Crippen molar-refractivity contribution in [1.29, 1.82) is 0 Å². The third-order valence-electron chi connectivity index (χ3n) is 5.84. The molecule has 10 nitrogen and oxygen atoms in total. The summed E-state index contributed by atoms with van der Waals surface area (Å²) in [6.45, 7) is 6.62. The molecule has 0 atom stereocenters. The van der Waals surface area contributed by atoms with Gasteiger partial charge in [-0.2, -0.15) is 10.1 Å². The molecule has 0 radical (unpaired) electrons. The molecule has 0 spiro atoms. The quantitative estimate of drug-likeness (QED) is 0.443. The number of hydrogen-bond donors (Lipinski definition) is 1. The molecule has 3 aromatic heterocycles. The third-order valence-corrected chi connectivity index (χ3v) is 6.07. The lowest BCUT2D eigenvalue weighted by atomic mass is 9.93. The van der Waals surface area contributed by atoms with Crippen LogP contribution in [0.5, 0.6) is 0 Å². The number of carbonyl (C=O) groups is 1. The van der Waals surface area contributed by atoms with Gasteiger partial charge in [-0.25, -0.2) is 9.31 Å². The fourth-order valence-corrected chi connectivity index (χ4v) is 4.41. The van der Waals surface area contributed by atoms with E-state index in [4.69, 9.17) is 20.9 Å². The van der Waals surface area contributed by atoms with Gasteiger partial charge in [0.15, 0.2) is 0 Å². The fraction of sp³-hybridized carbons (Fsp3) is 0.375. The molecular weight excluding hydrogens is 472 g/mol. The van der Waals surface area contributed by atoms with Gasteiger partial charge < -0.3 is 19.1 Å². The summed E-state index contributed by atoms with van der Waals surface area (Å²) in [6, 6.07) is 8.68. The first-order valence-corrected chi connectivity index (χ1v) is 11.7. The first kappa shape index (κ1) is 23.1. The van der Waals surface area contributed by atoms with Crippen molar-refractivity contribution >= 4 is 23.3 Å². The number of hydrogen-bond acceptors (Lipinski definition) is 7. The normalized spacial score (nSPS) is 15.0. The van der Waals surface area contributed by atoms with Crippen LogP contribution in [0.15, 0.2) is 45.8 Å². The lowest BCUT2D eigenvalue weighted by Crippen LogP contribution is -2.41. The summed E-state index contributed by atoms with van der Waals surface area (Å²) in [5.74, 6) is 0.677. The van der Waals surface area contributed by atoms with E-state index >= 15 is 0 Å². The maximum atomic E-state index is 12.6. The topological polar surface area (TPSA) is 119 Å². The first-order valence-electron chi connectivity index (χ1n) is 11.4. The first-order chi connectivity index (χ1) is 16.7. The van der Waals surface area contributed by atoms with Crippen LogP contribution in [0.3, 0.4) is 0 Å². The van der Waals surface area contributed by atoms with Gasteiger partial charge in [-0.1, -0.05) is 22.8 Å². The van der Waals surface area contributed by atoms with Gasteiger partial charge in [0.2, 0.25) is 5.82 Å². The monoisotopic (exact) mass is 496 g/mol. The number of fused-ring (bicyclic) bond motifs is 1. The Morgan fingerprint density at radius 3 is 2.71 bits per heavy atom. The largest absolute Gasteiger partial charge is 0.444 e. The van der Waals surface area contributed by atoms with Crippen molar-refractivity contribution in [2.24, 2.45) is 0 Å². The van der Waals surface area contributed by atoms with Crippen LogP contribution in [0.2, 0.25) is 5.02 Å². The Morgan fingerprint density at radius 2 is 2.00 bits per heavy atom. The van der Waals surface area contributed by atoms with Crippen LogP contribution in [-0.2, 0) is 4.74 Å². The number of rotatable bonds is 3. The number of H-pyrrole nitrogens is 1. The predicted molar refractivity (Wildman–Crippen MR) is 129 cm³/mol. The number of ether oxygens (including phenoxy) is 1. The Hall–Kier alpha value is -3.66. The SMILES string of the molecule is CC(C)(C)OC(=O)N1CCC(c2cc(=O)[nH]c3c(-c4noc(-c5cccc(Cl)c5)n4)cnn23)CC1. The highest BCUT2D eigenvalue weighted by atomic mass is 35.5. The summed E-state index contributed by atoms with van der Waals surface area (Å²) in [5, 5.41) is 9.15. The summed E-state index contributed by atoms with van der Waals surface area (Å²) in [6.07, 6.45) is 2.67. The molecule has 5 rings (SSSR count). The number of aromatic amines is 1. The summed E-state index contributed by atoms with van der Waals surface area (Å²) >= 11 is 6.07. The number of nitrogens with one attached hydrogen (secondary N) is 1. The molecule has 0 bridgehead atoms. The molecule has 4 aromatic rings. The highest BCUT2D eigenvalue weighted by Gasteiger charge is 2.29.